The van der Waals surface area contributed by atoms with Crippen LogP contribution < -0.4 is 4.74 Å². The van der Waals surface area contributed by atoms with E-state index in [1.165, 1.54) is 4.68 Å². The SMILES string of the molecule is CCC(=O)Oc1cn(C)nc1C(Cl)Cl. The minimum atomic E-state index is -0.796. The molecule has 78 valence electrons. The van der Waals surface area contributed by atoms with Gasteiger partial charge in [-0.1, -0.05) is 30.1 Å². The maximum absolute atomic E-state index is 11.0. The third kappa shape index (κ3) is 2.62. The van der Waals surface area contributed by atoms with E-state index >= 15 is 0 Å². The van der Waals surface area contributed by atoms with Gasteiger partial charge in [-0.3, -0.25) is 9.48 Å². The van der Waals surface area contributed by atoms with E-state index in [4.69, 9.17) is 27.9 Å². The number of rotatable bonds is 3. The average molecular weight is 237 g/mol. The molecule has 0 atom stereocenters. The Morgan fingerprint density at radius 1 is 1.71 bits per heavy atom. The molecule has 0 fully saturated rings. The van der Waals surface area contributed by atoms with Crippen LogP contribution in [0.5, 0.6) is 5.75 Å². The molecule has 0 aromatic carbocycles. The Balaban J connectivity index is 2.89. The minimum absolute atomic E-state index is 0.295. The van der Waals surface area contributed by atoms with Gasteiger partial charge in [0.25, 0.3) is 0 Å². The van der Waals surface area contributed by atoms with Crippen molar-refractivity contribution in [2.45, 2.75) is 18.2 Å². The molecule has 0 saturated heterocycles. The largest absolute Gasteiger partial charge is 0.423 e. The Morgan fingerprint density at radius 3 is 2.86 bits per heavy atom. The molecule has 0 radical (unpaired) electrons. The molecule has 0 amide bonds. The Kier molecular flexibility index (Phi) is 3.77. The molecule has 1 aromatic heterocycles. The van der Waals surface area contributed by atoms with Gasteiger partial charge < -0.3 is 4.74 Å². The zero-order valence-electron chi connectivity index (χ0n) is 7.83. The van der Waals surface area contributed by atoms with Crippen molar-refractivity contribution in [3.63, 3.8) is 0 Å². The van der Waals surface area contributed by atoms with Gasteiger partial charge in [-0.2, -0.15) is 5.10 Å². The number of nitrogens with zero attached hydrogens (tertiary/aromatic N) is 2. The molecule has 0 aliphatic rings. The highest BCUT2D eigenvalue weighted by molar-refractivity contribution is 6.44. The van der Waals surface area contributed by atoms with E-state index in [2.05, 4.69) is 5.10 Å². The van der Waals surface area contributed by atoms with E-state index in [-0.39, 0.29) is 5.97 Å². The number of halogens is 2. The van der Waals surface area contributed by atoms with E-state index in [1.807, 2.05) is 0 Å². The van der Waals surface area contributed by atoms with Crippen LogP contribution in [0.2, 0.25) is 0 Å². The lowest BCUT2D eigenvalue weighted by Crippen LogP contribution is -2.06. The summed E-state index contributed by atoms with van der Waals surface area (Å²) in [6.07, 6.45) is 1.85. The van der Waals surface area contributed by atoms with Crippen molar-refractivity contribution in [1.29, 1.82) is 0 Å². The fraction of sp³-hybridized carbons (Fsp3) is 0.500. The monoisotopic (exact) mass is 236 g/mol. The molecule has 0 saturated carbocycles. The lowest BCUT2D eigenvalue weighted by Gasteiger charge is -2.02. The molecular formula is C8H10Cl2N2O2. The van der Waals surface area contributed by atoms with Crippen LogP contribution in [-0.2, 0) is 11.8 Å². The molecule has 14 heavy (non-hydrogen) atoms. The Morgan fingerprint density at radius 2 is 2.36 bits per heavy atom. The molecule has 0 spiro atoms. The van der Waals surface area contributed by atoms with E-state index in [0.29, 0.717) is 17.9 Å². The number of alkyl halides is 2. The minimum Gasteiger partial charge on any atom is -0.423 e. The van der Waals surface area contributed by atoms with Crippen molar-refractivity contribution in [3.05, 3.63) is 11.9 Å². The Labute approximate surface area is 91.7 Å². The summed E-state index contributed by atoms with van der Waals surface area (Å²) in [5.74, 6) is -0.0254. The van der Waals surface area contributed by atoms with Gasteiger partial charge >= 0.3 is 5.97 Å². The molecule has 0 unspecified atom stereocenters. The molecule has 0 bridgehead atoms. The first-order valence-corrected chi connectivity index (χ1v) is 4.94. The quantitative estimate of drug-likeness (QED) is 0.598. The van der Waals surface area contributed by atoms with Gasteiger partial charge in [0.2, 0.25) is 0 Å². The van der Waals surface area contributed by atoms with Gasteiger partial charge in [0.1, 0.15) is 5.69 Å². The van der Waals surface area contributed by atoms with Gasteiger partial charge in [-0.25, -0.2) is 0 Å². The van der Waals surface area contributed by atoms with Crippen LogP contribution in [0.15, 0.2) is 6.20 Å². The topological polar surface area (TPSA) is 44.1 Å². The number of esters is 1. The highest BCUT2D eigenvalue weighted by Gasteiger charge is 2.17. The van der Waals surface area contributed by atoms with Crippen molar-refractivity contribution in [1.82, 2.24) is 9.78 Å². The van der Waals surface area contributed by atoms with E-state index in [1.54, 1.807) is 20.2 Å². The summed E-state index contributed by atoms with van der Waals surface area (Å²) in [5, 5.41) is 3.97. The molecule has 6 heteroatoms. The van der Waals surface area contributed by atoms with Crippen molar-refractivity contribution in [3.8, 4) is 5.75 Å². The Hall–Kier alpha value is -0.740. The van der Waals surface area contributed by atoms with E-state index < -0.39 is 4.84 Å². The second-order valence-corrected chi connectivity index (χ2v) is 3.78. The third-order valence-electron chi connectivity index (χ3n) is 1.54. The first-order chi connectivity index (χ1) is 6.54. The van der Waals surface area contributed by atoms with E-state index in [9.17, 15) is 4.79 Å². The fourth-order valence-electron chi connectivity index (χ4n) is 0.909. The maximum Gasteiger partial charge on any atom is 0.311 e. The van der Waals surface area contributed by atoms with Crippen LogP contribution in [-0.4, -0.2) is 15.7 Å². The van der Waals surface area contributed by atoms with Crippen molar-refractivity contribution in [2.24, 2.45) is 7.05 Å². The van der Waals surface area contributed by atoms with Crippen LogP contribution in [0, 0.1) is 0 Å². The Bertz CT molecular complexity index is 336. The smallest absolute Gasteiger partial charge is 0.311 e. The van der Waals surface area contributed by atoms with Crippen LogP contribution in [0.1, 0.15) is 23.9 Å². The summed E-state index contributed by atoms with van der Waals surface area (Å²) < 4.78 is 6.48. The lowest BCUT2D eigenvalue weighted by atomic mass is 10.4. The van der Waals surface area contributed by atoms with Gasteiger partial charge in [-0.15, -0.1) is 0 Å². The fourth-order valence-corrected chi connectivity index (χ4v) is 1.21. The van der Waals surface area contributed by atoms with Gasteiger partial charge in [0.15, 0.2) is 10.6 Å². The predicted molar refractivity (Wildman–Crippen MR) is 53.6 cm³/mol. The number of hydrogen-bond donors (Lipinski definition) is 0. The third-order valence-corrected chi connectivity index (χ3v) is 1.95. The van der Waals surface area contributed by atoms with Gasteiger partial charge in [0, 0.05) is 13.5 Å². The number of carbonyl (C=O) groups is 1. The molecule has 1 aromatic rings. The van der Waals surface area contributed by atoms with Crippen LogP contribution in [0.25, 0.3) is 0 Å². The molecule has 4 nitrogen and oxygen atoms in total. The maximum atomic E-state index is 11.0. The van der Waals surface area contributed by atoms with Crippen LogP contribution in [0.4, 0.5) is 0 Å². The number of hydrogen-bond acceptors (Lipinski definition) is 3. The predicted octanol–water partition coefficient (Wildman–Crippen LogP) is 2.21. The molecule has 0 aliphatic heterocycles. The summed E-state index contributed by atoms with van der Waals surface area (Å²) in [5.41, 5.74) is 0.359. The standard InChI is InChI=1S/C8H10Cl2N2O2/c1-3-6(13)14-5-4-12(2)11-7(5)8(9)10/h4,8H,3H2,1-2H3. The van der Waals surface area contributed by atoms with E-state index in [0.717, 1.165) is 0 Å². The summed E-state index contributed by atoms with van der Waals surface area (Å²) in [6.45, 7) is 1.71. The first kappa shape index (κ1) is 11.3. The van der Waals surface area contributed by atoms with Crippen molar-refractivity contribution in [2.75, 3.05) is 0 Å². The number of aryl methyl sites for hydroxylation is 1. The highest BCUT2D eigenvalue weighted by atomic mass is 35.5. The summed E-state index contributed by atoms with van der Waals surface area (Å²) in [6, 6.07) is 0. The van der Waals surface area contributed by atoms with Crippen molar-refractivity contribution < 1.29 is 9.53 Å². The normalized spacial score (nSPS) is 10.6. The van der Waals surface area contributed by atoms with Gasteiger partial charge in [-0.05, 0) is 0 Å². The zero-order chi connectivity index (χ0) is 10.7. The van der Waals surface area contributed by atoms with Crippen LogP contribution in [0.3, 0.4) is 0 Å². The highest BCUT2D eigenvalue weighted by Crippen LogP contribution is 2.31. The van der Waals surface area contributed by atoms with Crippen molar-refractivity contribution >= 4 is 29.2 Å². The number of aromatic nitrogens is 2. The number of ether oxygens (including phenoxy) is 1. The summed E-state index contributed by atoms with van der Waals surface area (Å²) in [4.78, 5) is 10.2. The summed E-state index contributed by atoms with van der Waals surface area (Å²) >= 11 is 11.3. The second kappa shape index (κ2) is 4.66. The second-order valence-electron chi connectivity index (χ2n) is 2.68. The lowest BCUT2D eigenvalue weighted by molar-refractivity contribution is -0.134. The summed E-state index contributed by atoms with van der Waals surface area (Å²) in [7, 11) is 1.70. The number of carbonyl (C=O) groups excluding carboxylic acids is 1. The molecular weight excluding hydrogens is 227 g/mol. The molecule has 0 N–H and O–H groups in total. The van der Waals surface area contributed by atoms with Gasteiger partial charge in [0.05, 0.1) is 6.20 Å². The zero-order valence-corrected chi connectivity index (χ0v) is 9.34. The first-order valence-electron chi connectivity index (χ1n) is 4.07. The molecule has 0 aliphatic carbocycles. The van der Waals surface area contributed by atoms with Crippen LogP contribution >= 0.6 is 23.2 Å². The average Bonchev–Trinajstić information content (AvgIpc) is 2.46. The molecule has 1 heterocycles. The molecule has 1 rings (SSSR count).